The molecule has 0 bridgehead atoms. The van der Waals surface area contributed by atoms with E-state index in [0.29, 0.717) is 52.3 Å². The first kappa shape index (κ1) is 29.1. The van der Waals surface area contributed by atoms with Crippen molar-refractivity contribution >= 4 is 49.1 Å². The Morgan fingerprint density at radius 1 is 0.930 bits per heavy atom. The Morgan fingerprint density at radius 3 is 2.14 bits per heavy atom. The van der Waals surface area contributed by atoms with Gasteiger partial charge in [-0.15, -0.1) is 0 Å². The number of phenols is 1. The number of phenolic OH excluding ortho intramolecular Hbond substituents is 1. The number of nitrogens with two attached hydrogens (primary N) is 1. The van der Waals surface area contributed by atoms with E-state index < -0.39 is 21.5 Å². The monoisotopic (exact) mass is 604 g/mol. The quantitative estimate of drug-likeness (QED) is 0.181. The fourth-order valence-electron chi connectivity index (χ4n) is 6.07. The molecular formula is C31H36N6O5S. The van der Waals surface area contributed by atoms with Crippen molar-refractivity contribution in [2.24, 2.45) is 5.73 Å². The van der Waals surface area contributed by atoms with Gasteiger partial charge in [-0.1, -0.05) is 0 Å². The second-order valence-electron chi connectivity index (χ2n) is 11.3. The van der Waals surface area contributed by atoms with E-state index in [-0.39, 0.29) is 4.90 Å². The average Bonchev–Trinajstić information content (AvgIpc) is 3.69. The molecule has 0 atom stereocenters. The topological polar surface area (TPSA) is 151 Å². The highest BCUT2D eigenvalue weighted by Crippen LogP contribution is 2.37. The van der Waals surface area contributed by atoms with Gasteiger partial charge in [0, 0.05) is 41.4 Å². The average molecular weight is 605 g/mol. The lowest BCUT2D eigenvalue weighted by Gasteiger charge is -2.22. The molecule has 4 aromatic rings. The smallest absolute Gasteiger partial charge is 0.233 e. The number of ether oxygens (including phenoxy) is 1. The van der Waals surface area contributed by atoms with Crippen LogP contribution < -0.4 is 15.8 Å². The highest BCUT2D eigenvalue weighted by atomic mass is 32.2. The molecule has 4 heterocycles. The second kappa shape index (κ2) is 11.9. The van der Waals surface area contributed by atoms with Crippen LogP contribution in [0.15, 0.2) is 47.4 Å². The van der Waals surface area contributed by atoms with Crippen molar-refractivity contribution in [3.8, 4) is 11.6 Å². The number of fused-ring (bicyclic) bond motifs is 2. The van der Waals surface area contributed by atoms with Crippen molar-refractivity contribution in [2.45, 2.75) is 43.7 Å². The lowest BCUT2D eigenvalue weighted by atomic mass is 10.0. The fraction of sp³-hybridized carbons (Fsp3) is 0.387. The Labute approximate surface area is 250 Å². The second-order valence-corrected chi connectivity index (χ2v) is 13.3. The third-order valence-corrected chi connectivity index (χ3v) is 9.82. The number of nitrogens with zero attached hydrogens (tertiary/aromatic N) is 4. The van der Waals surface area contributed by atoms with E-state index in [1.807, 2.05) is 12.1 Å². The highest BCUT2D eigenvalue weighted by molar-refractivity contribution is 7.92. The Balaban J connectivity index is 1.48. The predicted octanol–water partition coefficient (Wildman–Crippen LogP) is 3.69. The largest absolute Gasteiger partial charge is 0.507 e. The summed E-state index contributed by atoms with van der Waals surface area (Å²) < 4.78 is 31.0. The van der Waals surface area contributed by atoms with Crippen molar-refractivity contribution in [2.75, 3.05) is 44.4 Å². The molecule has 2 aliphatic rings. The van der Waals surface area contributed by atoms with Crippen molar-refractivity contribution in [1.29, 1.82) is 0 Å². The van der Waals surface area contributed by atoms with Crippen molar-refractivity contribution in [1.82, 2.24) is 19.8 Å². The van der Waals surface area contributed by atoms with Crippen molar-refractivity contribution < 1.29 is 23.1 Å². The number of primary amides is 1. The first-order valence-electron chi connectivity index (χ1n) is 14.6. The number of anilines is 2. The molecule has 0 spiro atoms. The molecule has 2 fully saturated rings. The van der Waals surface area contributed by atoms with E-state index >= 15 is 0 Å². The maximum atomic E-state index is 12.8. The number of rotatable bonds is 10. The van der Waals surface area contributed by atoms with Crippen molar-refractivity contribution in [3.63, 3.8) is 0 Å². The molecule has 2 aromatic carbocycles. The summed E-state index contributed by atoms with van der Waals surface area (Å²) in [5.74, 6) is -0.972. The van der Waals surface area contributed by atoms with E-state index in [0.717, 1.165) is 68.7 Å². The summed E-state index contributed by atoms with van der Waals surface area (Å²) in [5, 5.41) is 15.6. The predicted molar refractivity (Wildman–Crippen MR) is 165 cm³/mol. The normalized spacial score (nSPS) is 16.3. The lowest BCUT2D eigenvalue weighted by molar-refractivity contribution is -0.115. The van der Waals surface area contributed by atoms with Crippen molar-refractivity contribution in [3.05, 3.63) is 53.6 Å². The Hall–Kier alpha value is -4.00. The fourth-order valence-corrected chi connectivity index (χ4v) is 7.17. The summed E-state index contributed by atoms with van der Waals surface area (Å²) >= 11 is 0. The van der Waals surface area contributed by atoms with Crippen LogP contribution in [-0.2, 0) is 27.7 Å². The number of carbonyl (C=O) groups excluding carboxylic acids is 1. The molecule has 2 aliphatic heterocycles. The number of amides is 1. The molecule has 2 saturated heterocycles. The lowest BCUT2D eigenvalue weighted by Crippen LogP contribution is -2.23. The summed E-state index contributed by atoms with van der Waals surface area (Å²) in [6.45, 7) is 5.32. The summed E-state index contributed by atoms with van der Waals surface area (Å²) in [7, 11) is -2.39. The van der Waals surface area contributed by atoms with Crippen LogP contribution in [0.5, 0.6) is 11.6 Å². The van der Waals surface area contributed by atoms with E-state index in [2.05, 4.69) is 20.1 Å². The minimum atomic E-state index is -3.93. The van der Waals surface area contributed by atoms with Gasteiger partial charge in [0.1, 0.15) is 17.0 Å². The SMILES string of the molecule is COc1ccc2nc3cc(S(=O)(=O)CC(N)=O)ccc3c(Nc3cc(CN4CCCC4)c(O)c(CN4CCCC4)c3)c2n1. The van der Waals surface area contributed by atoms with Gasteiger partial charge in [0.15, 0.2) is 9.84 Å². The van der Waals surface area contributed by atoms with Crippen LogP contribution in [0.4, 0.5) is 11.4 Å². The Morgan fingerprint density at radius 2 is 1.56 bits per heavy atom. The standard InChI is InChI=1S/C31H36N6O5S/c1-42-28-9-8-25-30(35-28)29(24-7-6-23(16-26(24)34-25)43(40,41)19-27(32)38)33-22-14-20(17-36-10-2-3-11-36)31(39)21(15-22)18-37-12-4-5-13-37/h6-9,14-16,39H,2-5,10-13,17-19H2,1H3,(H2,32,38)(H,33,34). The number of nitrogens with one attached hydrogen (secondary N) is 1. The minimum absolute atomic E-state index is 0.0384. The third kappa shape index (κ3) is 6.22. The van der Waals surface area contributed by atoms with Crippen LogP contribution in [-0.4, -0.2) is 78.2 Å². The Kier molecular flexibility index (Phi) is 8.08. The molecule has 0 aliphatic carbocycles. The number of likely N-dealkylation sites (tertiary alicyclic amines) is 2. The molecule has 1 amide bonds. The van der Waals surface area contributed by atoms with Crippen LogP contribution in [0.2, 0.25) is 0 Å². The molecule has 2 aromatic heterocycles. The van der Waals surface area contributed by atoms with Gasteiger partial charge in [-0.3, -0.25) is 14.6 Å². The summed E-state index contributed by atoms with van der Waals surface area (Å²) in [6.07, 6.45) is 4.61. The van der Waals surface area contributed by atoms with Gasteiger partial charge in [-0.05, 0) is 88.3 Å². The number of methoxy groups -OCH3 is 1. The number of aromatic hydroxyl groups is 1. The molecule has 4 N–H and O–H groups in total. The minimum Gasteiger partial charge on any atom is -0.507 e. The number of carbonyl (C=O) groups is 1. The zero-order chi connectivity index (χ0) is 30.1. The van der Waals surface area contributed by atoms with E-state index in [1.165, 1.54) is 12.1 Å². The van der Waals surface area contributed by atoms with Crippen LogP contribution in [0.3, 0.4) is 0 Å². The van der Waals surface area contributed by atoms with Crippen LogP contribution >= 0.6 is 0 Å². The summed E-state index contributed by atoms with van der Waals surface area (Å²) in [4.78, 5) is 25.5. The molecular weight excluding hydrogens is 568 g/mol. The van der Waals surface area contributed by atoms with Gasteiger partial charge in [0.25, 0.3) is 0 Å². The number of benzene rings is 2. The number of sulfone groups is 1. The zero-order valence-corrected chi connectivity index (χ0v) is 25.0. The third-order valence-electron chi connectivity index (χ3n) is 8.19. The molecule has 0 unspecified atom stereocenters. The van der Waals surface area contributed by atoms with Crippen LogP contribution in [0.1, 0.15) is 36.8 Å². The number of hydrogen-bond acceptors (Lipinski definition) is 10. The summed E-state index contributed by atoms with van der Waals surface area (Å²) in [6, 6.07) is 12.0. The van der Waals surface area contributed by atoms with Gasteiger partial charge < -0.3 is 20.9 Å². The maximum absolute atomic E-state index is 12.8. The number of aromatic nitrogens is 2. The van der Waals surface area contributed by atoms with Gasteiger partial charge in [-0.25, -0.2) is 18.4 Å². The van der Waals surface area contributed by atoms with Crippen LogP contribution in [0.25, 0.3) is 21.9 Å². The summed E-state index contributed by atoms with van der Waals surface area (Å²) in [5.41, 5.74) is 9.82. The molecule has 11 nitrogen and oxygen atoms in total. The first-order chi connectivity index (χ1) is 20.7. The van der Waals surface area contributed by atoms with Gasteiger partial charge in [-0.2, -0.15) is 0 Å². The van der Waals surface area contributed by atoms with Crippen LogP contribution in [0, 0.1) is 0 Å². The van der Waals surface area contributed by atoms with Gasteiger partial charge >= 0.3 is 0 Å². The zero-order valence-electron chi connectivity index (χ0n) is 24.2. The number of pyridine rings is 2. The molecule has 226 valence electrons. The molecule has 43 heavy (non-hydrogen) atoms. The van der Waals surface area contributed by atoms with E-state index in [9.17, 15) is 18.3 Å². The molecule has 0 radical (unpaired) electrons. The molecule has 12 heteroatoms. The van der Waals surface area contributed by atoms with E-state index in [4.69, 9.17) is 15.5 Å². The van der Waals surface area contributed by atoms with Gasteiger partial charge in [0.05, 0.1) is 28.7 Å². The maximum Gasteiger partial charge on any atom is 0.233 e. The first-order valence-corrected chi connectivity index (χ1v) is 16.2. The van der Waals surface area contributed by atoms with Gasteiger partial charge in [0.2, 0.25) is 11.8 Å². The molecule has 6 rings (SSSR count). The Bertz CT molecular complexity index is 1760. The molecule has 0 saturated carbocycles. The number of hydrogen-bond donors (Lipinski definition) is 3. The van der Waals surface area contributed by atoms with E-state index in [1.54, 1.807) is 25.3 Å². The highest BCUT2D eigenvalue weighted by Gasteiger charge is 2.22.